The van der Waals surface area contributed by atoms with Gasteiger partial charge in [-0.2, -0.15) is 0 Å². The number of aliphatic carboxylic acids is 1. The molecule has 0 aliphatic heterocycles. The van der Waals surface area contributed by atoms with Crippen molar-refractivity contribution in [2.75, 3.05) is 6.54 Å². The van der Waals surface area contributed by atoms with Crippen LogP contribution in [0.1, 0.15) is 36.0 Å². The van der Waals surface area contributed by atoms with E-state index in [2.05, 4.69) is 5.32 Å². The molecular formula is C18H19NO5. The van der Waals surface area contributed by atoms with Crippen LogP contribution in [-0.2, 0) is 4.79 Å². The predicted octanol–water partition coefficient (Wildman–Crippen LogP) is 2.41. The highest BCUT2D eigenvalue weighted by atomic mass is 16.4. The highest BCUT2D eigenvalue weighted by molar-refractivity contribution is 5.96. The highest BCUT2D eigenvalue weighted by Gasteiger charge is 2.31. The van der Waals surface area contributed by atoms with E-state index in [9.17, 15) is 19.5 Å². The van der Waals surface area contributed by atoms with Crippen LogP contribution in [-0.4, -0.2) is 23.5 Å². The van der Waals surface area contributed by atoms with Crippen molar-refractivity contribution in [2.45, 2.75) is 25.7 Å². The first-order chi connectivity index (χ1) is 11.6. The van der Waals surface area contributed by atoms with Gasteiger partial charge in [0.1, 0.15) is 11.1 Å². The number of benzene rings is 1. The second kappa shape index (κ2) is 6.86. The number of carbonyl (C=O) groups is 2. The number of hydrogen-bond donors (Lipinski definition) is 2. The molecule has 0 unspecified atom stereocenters. The number of nitrogens with one attached hydrogen (secondary N) is 1. The van der Waals surface area contributed by atoms with Crippen molar-refractivity contribution in [1.82, 2.24) is 5.32 Å². The molecule has 6 nitrogen and oxygen atoms in total. The van der Waals surface area contributed by atoms with Crippen LogP contribution in [0, 0.1) is 11.8 Å². The van der Waals surface area contributed by atoms with E-state index in [0.717, 1.165) is 19.3 Å². The zero-order valence-corrected chi connectivity index (χ0v) is 13.2. The number of amides is 1. The van der Waals surface area contributed by atoms with Crippen LogP contribution in [0.3, 0.4) is 0 Å². The number of para-hydroxylation sites is 1. The van der Waals surface area contributed by atoms with E-state index in [0.29, 0.717) is 17.4 Å². The Hall–Kier alpha value is -2.63. The van der Waals surface area contributed by atoms with E-state index in [4.69, 9.17) is 4.42 Å². The third-order valence-electron chi connectivity index (χ3n) is 4.64. The van der Waals surface area contributed by atoms with Crippen molar-refractivity contribution in [3.8, 4) is 0 Å². The number of carbonyl (C=O) groups excluding carboxylic acids is 1. The van der Waals surface area contributed by atoms with Crippen LogP contribution < -0.4 is 10.9 Å². The zero-order valence-electron chi connectivity index (χ0n) is 13.2. The zero-order chi connectivity index (χ0) is 17.1. The molecule has 3 rings (SSSR count). The van der Waals surface area contributed by atoms with Crippen molar-refractivity contribution < 1.29 is 19.1 Å². The fourth-order valence-corrected chi connectivity index (χ4v) is 3.32. The Kier molecular flexibility index (Phi) is 4.64. The van der Waals surface area contributed by atoms with Gasteiger partial charge in [0.15, 0.2) is 0 Å². The number of fused-ring (bicyclic) bond motifs is 1. The molecule has 0 saturated heterocycles. The molecule has 1 aliphatic carbocycles. The summed E-state index contributed by atoms with van der Waals surface area (Å²) in [5.74, 6) is -1.89. The SMILES string of the molecule is O=C(NC[C@@H]1CCCC[C@@H]1C(=O)O)c1cc2ccccc2oc1=O. The van der Waals surface area contributed by atoms with Gasteiger partial charge in [-0.15, -0.1) is 0 Å². The van der Waals surface area contributed by atoms with Gasteiger partial charge in [-0.1, -0.05) is 31.0 Å². The molecule has 0 radical (unpaired) electrons. The summed E-state index contributed by atoms with van der Waals surface area (Å²) in [6.07, 6.45) is 3.26. The third-order valence-corrected chi connectivity index (χ3v) is 4.64. The van der Waals surface area contributed by atoms with Gasteiger partial charge >= 0.3 is 11.6 Å². The Morgan fingerprint density at radius 2 is 1.96 bits per heavy atom. The molecular weight excluding hydrogens is 310 g/mol. The van der Waals surface area contributed by atoms with E-state index in [1.165, 1.54) is 6.07 Å². The fourth-order valence-electron chi connectivity index (χ4n) is 3.32. The van der Waals surface area contributed by atoms with E-state index < -0.39 is 23.4 Å². The standard InChI is InChI=1S/C18H19NO5/c20-16(19-10-12-6-1-3-7-13(12)17(21)22)14-9-11-5-2-4-8-15(11)24-18(14)23/h2,4-5,8-9,12-13H,1,3,6-7,10H2,(H,19,20)(H,21,22)/t12-,13-/m0/s1. The van der Waals surface area contributed by atoms with Gasteiger partial charge in [0.25, 0.3) is 5.91 Å². The summed E-state index contributed by atoms with van der Waals surface area (Å²) in [6.45, 7) is 0.252. The van der Waals surface area contributed by atoms with Crippen molar-refractivity contribution in [3.05, 3.63) is 46.3 Å². The minimum absolute atomic E-state index is 0.0589. The highest BCUT2D eigenvalue weighted by Crippen LogP contribution is 2.29. The fraction of sp³-hybridized carbons (Fsp3) is 0.389. The summed E-state index contributed by atoms with van der Waals surface area (Å²) >= 11 is 0. The minimum Gasteiger partial charge on any atom is -0.481 e. The summed E-state index contributed by atoms with van der Waals surface area (Å²) in [7, 11) is 0. The van der Waals surface area contributed by atoms with Gasteiger partial charge in [-0.25, -0.2) is 4.79 Å². The first-order valence-corrected chi connectivity index (χ1v) is 8.10. The summed E-state index contributed by atoms with van der Waals surface area (Å²) in [5.41, 5.74) is -0.321. The van der Waals surface area contributed by atoms with Gasteiger partial charge in [0.2, 0.25) is 0 Å². The predicted molar refractivity (Wildman–Crippen MR) is 87.9 cm³/mol. The number of rotatable bonds is 4. The first kappa shape index (κ1) is 16.2. The minimum atomic E-state index is -0.820. The van der Waals surface area contributed by atoms with Gasteiger partial charge in [0, 0.05) is 11.9 Å². The molecule has 1 heterocycles. The molecule has 2 N–H and O–H groups in total. The van der Waals surface area contributed by atoms with E-state index in [-0.39, 0.29) is 18.0 Å². The lowest BCUT2D eigenvalue weighted by atomic mass is 9.79. The van der Waals surface area contributed by atoms with Gasteiger partial charge < -0.3 is 14.8 Å². The van der Waals surface area contributed by atoms with Crippen LogP contribution in [0.2, 0.25) is 0 Å². The molecule has 1 fully saturated rings. The summed E-state index contributed by atoms with van der Waals surface area (Å²) in [6, 6.07) is 8.48. The Labute approximate surface area is 138 Å². The molecule has 6 heteroatoms. The van der Waals surface area contributed by atoms with Crippen LogP contribution in [0.4, 0.5) is 0 Å². The van der Waals surface area contributed by atoms with Crippen molar-refractivity contribution in [2.24, 2.45) is 11.8 Å². The van der Waals surface area contributed by atoms with Crippen LogP contribution >= 0.6 is 0 Å². The summed E-state index contributed by atoms with van der Waals surface area (Å²) < 4.78 is 5.15. The summed E-state index contributed by atoms with van der Waals surface area (Å²) in [5, 5.41) is 12.6. The smallest absolute Gasteiger partial charge is 0.349 e. The summed E-state index contributed by atoms with van der Waals surface area (Å²) in [4.78, 5) is 35.6. The van der Waals surface area contributed by atoms with Crippen molar-refractivity contribution >= 4 is 22.8 Å². The quantitative estimate of drug-likeness (QED) is 0.840. The van der Waals surface area contributed by atoms with Crippen molar-refractivity contribution in [1.29, 1.82) is 0 Å². The molecule has 1 aromatic carbocycles. The Bertz CT molecular complexity index is 826. The maximum atomic E-state index is 12.3. The lowest BCUT2D eigenvalue weighted by molar-refractivity contribution is -0.144. The van der Waals surface area contributed by atoms with E-state index in [1.54, 1.807) is 24.3 Å². The average molecular weight is 329 g/mol. The molecule has 1 saturated carbocycles. The normalized spacial score (nSPS) is 20.7. The molecule has 2 aromatic rings. The number of carboxylic acid groups (broad SMARTS) is 1. The van der Waals surface area contributed by atoms with Crippen LogP contribution in [0.15, 0.2) is 39.5 Å². The molecule has 24 heavy (non-hydrogen) atoms. The van der Waals surface area contributed by atoms with Gasteiger partial charge in [0.05, 0.1) is 5.92 Å². The molecule has 1 aliphatic rings. The molecule has 126 valence electrons. The lowest BCUT2D eigenvalue weighted by Crippen LogP contribution is -2.38. The molecule has 1 aromatic heterocycles. The Morgan fingerprint density at radius 3 is 2.75 bits per heavy atom. The maximum absolute atomic E-state index is 12.3. The van der Waals surface area contributed by atoms with Crippen LogP contribution in [0.25, 0.3) is 11.0 Å². The van der Waals surface area contributed by atoms with Crippen LogP contribution in [0.5, 0.6) is 0 Å². The molecule has 0 bridgehead atoms. The Balaban J connectivity index is 1.74. The molecule has 1 amide bonds. The number of carboxylic acids is 1. The van der Waals surface area contributed by atoms with Gasteiger partial charge in [-0.05, 0) is 30.9 Å². The Morgan fingerprint density at radius 1 is 1.21 bits per heavy atom. The monoisotopic (exact) mass is 329 g/mol. The first-order valence-electron chi connectivity index (χ1n) is 8.10. The average Bonchev–Trinajstić information content (AvgIpc) is 2.59. The second-order valence-corrected chi connectivity index (χ2v) is 6.18. The van der Waals surface area contributed by atoms with E-state index >= 15 is 0 Å². The second-order valence-electron chi connectivity index (χ2n) is 6.18. The van der Waals surface area contributed by atoms with E-state index in [1.807, 2.05) is 0 Å². The molecule has 2 atom stereocenters. The molecule has 0 spiro atoms. The number of hydrogen-bond acceptors (Lipinski definition) is 4. The third kappa shape index (κ3) is 3.32. The van der Waals surface area contributed by atoms with Gasteiger partial charge in [-0.3, -0.25) is 9.59 Å². The topological polar surface area (TPSA) is 96.6 Å². The maximum Gasteiger partial charge on any atom is 0.349 e. The van der Waals surface area contributed by atoms with Crippen molar-refractivity contribution in [3.63, 3.8) is 0 Å². The lowest BCUT2D eigenvalue weighted by Gasteiger charge is -2.28. The largest absolute Gasteiger partial charge is 0.481 e.